The molecule has 0 spiro atoms. The van der Waals surface area contributed by atoms with Crippen molar-refractivity contribution in [3.05, 3.63) is 50.9 Å². The summed E-state index contributed by atoms with van der Waals surface area (Å²) in [6.45, 7) is 0. The van der Waals surface area contributed by atoms with Crippen molar-refractivity contribution in [2.24, 2.45) is 0 Å². The second-order valence-corrected chi connectivity index (χ2v) is 6.20. The van der Waals surface area contributed by atoms with E-state index in [1.54, 1.807) is 20.3 Å². The van der Waals surface area contributed by atoms with Gasteiger partial charge in [-0.05, 0) is 18.9 Å². The van der Waals surface area contributed by atoms with Gasteiger partial charge in [0.25, 0.3) is 5.56 Å². The van der Waals surface area contributed by atoms with Crippen LogP contribution in [0.5, 0.6) is 11.5 Å². The highest BCUT2D eigenvalue weighted by molar-refractivity contribution is 6.01. The quantitative estimate of drug-likeness (QED) is 0.796. The van der Waals surface area contributed by atoms with Crippen molar-refractivity contribution in [2.45, 2.75) is 25.2 Å². The zero-order valence-corrected chi connectivity index (χ0v) is 14.1. The van der Waals surface area contributed by atoms with Crippen molar-refractivity contribution in [3.8, 4) is 11.5 Å². The van der Waals surface area contributed by atoms with Gasteiger partial charge in [0, 0.05) is 29.3 Å². The number of methoxy groups -OCH3 is 2. The van der Waals surface area contributed by atoms with Crippen molar-refractivity contribution in [3.63, 3.8) is 0 Å². The third kappa shape index (κ3) is 2.34. The molecule has 0 radical (unpaired) electrons. The number of carbonyl (C=O) groups excluding carboxylic acids is 1. The smallest absolute Gasteiger partial charge is 0.270 e. The molecular weight excluding hydrogens is 322 g/mol. The van der Waals surface area contributed by atoms with Crippen LogP contribution in [0, 0.1) is 0 Å². The van der Waals surface area contributed by atoms with Gasteiger partial charge >= 0.3 is 0 Å². The molecule has 0 amide bonds. The Morgan fingerprint density at radius 3 is 2.68 bits per heavy atom. The molecule has 7 nitrogen and oxygen atoms in total. The van der Waals surface area contributed by atoms with Gasteiger partial charge in [-0.25, -0.2) is 0 Å². The van der Waals surface area contributed by atoms with Gasteiger partial charge in [0.1, 0.15) is 17.3 Å². The molecule has 2 aromatic rings. The minimum Gasteiger partial charge on any atom is -0.497 e. The Kier molecular flexibility index (Phi) is 3.63. The van der Waals surface area contributed by atoms with E-state index in [0.29, 0.717) is 34.9 Å². The van der Waals surface area contributed by atoms with Crippen LogP contribution in [0.2, 0.25) is 0 Å². The average molecular weight is 341 g/mol. The number of ether oxygens (including phenoxy) is 2. The second kappa shape index (κ2) is 5.84. The number of ketones is 1. The molecule has 3 N–H and O–H groups in total. The molecular formula is C18H19N3O4. The zero-order chi connectivity index (χ0) is 17.6. The number of nitrogens with one attached hydrogen (secondary N) is 3. The Balaban J connectivity index is 1.97. The summed E-state index contributed by atoms with van der Waals surface area (Å²) in [5.41, 5.74) is 2.58. The van der Waals surface area contributed by atoms with Crippen LogP contribution < -0.4 is 20.3 Å². The molecule has 1 aliphatic carbocycles. The van der Waals surface area contributed by atoms with E-state index in [0.717, 1.165) is 24.1 Å². The molecule has 25 heavy (non-hydrogen) atoms. The number of fused-ring (bicyclic) bond motifs is 1. The number of carbonyl (C=O) groups is 1. The first kappa shape index (κ1) is 15.6. The normalized spacial score (nSPS) is 19.1. The Morgan fingerprint density at radius 1 is 1.08 bits per heavy atom. The van der Waals surface area contributed by atoms with Gasteiger partial charge in [-0.15, -0.1) is 0 Å². The fourth-order valence-electron chi connectivity index (χ4n) is 3.73. The van der Waals surface area contributed by atoms with Crippen LogP contribution >= 0.6 is 0 Å². The first-order chi connectivity index (χ1) is 12.1. The lowest BCUT2D eigenvalue weighted by Gasteiger charge is -2.32. The third-order valence-electron chi connectivity index (χ3n) is 4.88. The summed E-state index contributed by atoms with van der Waals surface area (Å²) >= 11 is 0. The standard InChI is InChI=1S/C18H19N3O4/c1-24-9-6-7-10(13(8-9)25-2)14-15-11(4-3-5-12(15)22)19-17-16(14)18(23)21-20-17/h6-8,14H,3-5H2,1-2H3,(H3,19,20,21,23). The summed E-state index contributed by atoms with van der Waals surface area (Å²) < 4.78 is 10.8. The number of aromatic nitrogens is 2. The number of rotatable bonds is 3. The highest BCUT2D eigenvalue weighted by Crippen LogP contribution is 2.46. The van der Waals surface area contributed by atoms with Gasteiger partial charge in [0.15, 0.2) is 5.78 Å². The lowest BCUT2D eigenvalue weighted by atomic mass is 9.76. The number of hydrogen-bond acceptors (Lipinski definition) is 5. The number of benzene rings is 1. The Bertz CT molecular complexity index is 938. The molecule has 0 saturated carbocycles. The number of Topliss-reactive ketones (excluding diaryl/α,β-unsaturated/α-hetero) is 1. The lowest BCUT2D eigenvalue weighted by molar-refractivity contribution is -0.116. The zero-order valence-electron chi connectivity index (χ0n) is 14.1. The van der Waals surface area contributed by atoms with Crippen molar-refractivity contribution < 1.29 is 14.3 Å². The summed E-state index contributed by atoms with van der Waals surface area (Å²) in [5.74, 6) is 1.46. The van der Waals surface area contributed by atoms with Crippen LogP contribution in [-0.2, 0) is 4.79 Å². The van der Waals surface area contributed by atoms with Crippen LogP contribution in [0.1, 0.15) is 36.3 Å². The van der Waals surface area contributed by atoms with Crippen LogP contribution in [0.15, 0.2) is 34.3 Å². The molecule has 7 heteroatoms. The number of aromatic amines is 2. The first-order valence-corrected chi connectivity index (χ1v) is 8.19. The first-order valence-electron chi connectivity index (χ1n) is 8.19. The molecule has 0 fully saturated rings. The molecule has 1 aromatic heterocycles. The maximum absolute atomic E-state index is 12.7. The number of H-pyrrole nitrogens is 2. The Morgan fingerprint density at radius 2 is 1.92 bits per heavy atom. The summed E-state index contributed by atoms with van der Waals surface area (Å²) in [4.78, 5) is 25.1. The van der Waals surface area contributed by atoms with Gasteiger partial charge < -0.3 is 14.8 Å². The van der Waals surface area contributed by atoms with Crippen LogP contribution in [0.3, 0.4) is 0 Å². The van der Waals surface area contributed by atoms with Gasteiger partial charge in [-0.3, -0.25) is 19.8 Å². The number of hydrogen-bond donors (Lipinski definition) is 3. The second-order valence-electron chi connectivity index (χ2n) is 6.20. The topological polar surface area (TPSA) is 96.2 Å². The molecule has 1 aromatic carbocycles. The molecule has 4 rings (SSSR count). The monoisotopic (exact) mass is 341 g/mol. The van der Waals surface area contributed by atoms with E-state index in [1.165, 1.54) is 0 Å². The summed E-state index contributed by atoms with van der Waals surface area (Å²) in [6.07, 6.45) is 2.08. The molecule has 1 aliphatic heterocycles. The highest BCUT2D eigenvalue weighted by Gasteiger charge is 2.39. The maximum atomic E-state index is 12.7. The predicted molar refractivity (Wildman–Crippen MR) is 92.3 cm³/mol. The third-order valence-corrected chi connectivity index (χ3v) is 4.88. The summed E-state index contributed by atoms with van der Waals surface area (Å²) in [5, 5.41) is 8.71. The molecule has 1 unspecified atom stereocenters. The molecule has 2 heterocycles. The summed E-state index contributed by atoms with van der Waals surface area (Å²) in [7, 11) is 3.15. The molecule has 130 valence electrons. The van der Waals surface area contributed by atoms with Crippen molar-refractivity contribution in [2.75, 3.05) is 19.5 Å². The highest BCUT2D eigenvalue weighted by atomic mass is 16.5. The van der Waals surface area contributed by atoms with Gasteiger partial charge in [-0.1, -0.05) is 6.07 Å². The largest absolute Gasteiger partial charge is 0.497 e. The number of anilines is 1. The Hall–Kier alpha value is -2.96. The van der Waals surface area contributed by atoms with E-state index in [2.05, 4.69) is 15.5 Å². The average Bonchev–Trinajstić information content (AvgIpc) is 3.00. The number of allylic oxidation sites excluding steroid dienone is 2. The van der Waals surface area contributed by atoms with Crippen molar-refractivity contribution in [1.29, 1.82) is 0 Å². The van der Waals surface area contributed by atoms with Crippen molar-refractivity contribution in [1.82, 2.24) is 10.2 Å². The van der Waals surface area contributed by atoms with Gasteiger partial charge in [0.2, 0.25) is 0 Å². The molecule has 0 bridgehead atoms. The van der Waals surface area contributed by atoms with E-state index in [4.69, 9.17) is 9.47 Å². The maximum Gasteiger partial charge on any atom is 0.270 e. The van der Waals surface area contributed by atoms with E-state index in [1.807, 2.05) is 12.1 Å². The summed E-state index contributed by atoms with van der Waals surface area (Å²) in [6, 6.07) is 5.44. The van der Waals surface area contributed by atoms with Crippen LogP contribution in [-0.4, -0.2) is 30.2 Å². The lowest BCUT2D eigenvalue weighted by Crippen LogP contribution is -2.29. The van der Waals surface area contributed by atoms with Crippen LogP contribution in [0.25, 0.3) is 0 Å². The van der Waals surface area contributed by atoms with Gasteiger partial charge in [-0.2, -0.15) is 0 Å². The predicted octanol–water partition coefficient (Wildman–Crippen LogP) is 2.28. The molecule has 0 saturated heterocycles. The van der Waals surface area contributed by atoms with E-state index < -0.39 is 5.92 Å². The fourth-order valence-corrected chi connectivity index (χ4v) is 3.73. The van der Waals surface area contributed by atoms with Crippen molar-refractivity contribution >= 4 is 11.6 Å². The minimum absolute atomic E-state index is 0.0721. The van der Waals surface area contributed by atoms with E-state index in [-0.39, 0.29) is 11.3 Å². The van der Waals surface area contributed by atoms with E-state index in [9.17, 15) is 9.59 Å². The molecule has 1 atom stereocenters. The minimum atomic E-state index is -0.463. The molecule has 2 aliphatic rings. The van der Waals surface area contributed by atoms with Gasteiger partial charge in [0.05, 0.1) is 25.7 Å². The SMILES string of the molecule is COc1ccc(C2C3=C(CCCC3=O)Nc3[nH][nH]c(=O)c32)c(OC)c1. The Labute approximate surface area is 144 Å². The fraction of sp³-hybridized carbons (Fsp3) is 0.333. The van der Waals surface area contributed by atoms with E-state index >= 15 is 0 Å². The van der Waals surface area contributed by atoms with Crippen LogP contribution in [0.4, 0.5) is 5.82 Å².